The first-order valence-electron chi connectivity index (χ1n) is 5.41. The third kappa shape index (κ3) is 4.31. The van der Waals surface area contributed by atoms with Gasteiger partial charge in [0.2, 0.25) is 7.59 Å². The maximum Gasteiger partial charge on any atom is 0.261 e. The fourth-order valence-corrected chi connectivity index (χ4v) is 2.66. The topological polar surface area (TPSA) is 61.8 Å². The third-order valence-electron chi connectivity index (χ3n) is 2.62. The Morgan fingerprint density at radius 1 is 1.25 bits per heavy atom. The van der Waals surface area contributed by atoms with Crippen LogP contribution in [0.4, 0.5) is 0 Å². The summed E-state index contributed by atoms with van der Waals surface area (Å²) in [5, 5.41) is 10.2. The van der Waals surface area contributed by atoms with Crippen LogP contribution < -0.4 is 5.48 Å². The smallest absolute Gasteiger partial charge is 0.261 e. The van der Waals surface area contributed by atoms with Gasteiger partial charge in [-0.3, -0.25) is 4.79 Å². The SMILES string of the molecule is CC(C)[C@H]1C(=O)NOC(C(Cl)(Cl)Cl)N1C(O)C(Cl)(Cl)Cl. The third-order valence-corrected chi connectivity index (χ3v) is 3.76. The van der Waals surface area contributed by atoms with Crippen molar-refractivity contribution >= 4 is 75.5 Å². The van der Waals surface area contributed by atoms with E-state index in [2.05, 4.69) is 5.48 Å². The molecule has 0 radical (unpaired) electrons. The summed E-state index contributed by atoms with van der Waals surface area (Å²) in [5.41, 5.74) is 2.13. The molecule has 0 aromatic heterocycles. The zero-order valence-corrected chi connectivity index (χ0v) is 14.8. The van der Waals surface area contributed by atoms with Crippen molar-refractivity contribution in [2.45, 2.75) is 39.9 Å². The molecule has 1 aliphatic rings. The maximum atomic E-state index is 11.9. The van der Waals surface area contributed by atoms with Gasteiger partial charge < -0.3 is 5.11 Å². The predicted molar refractivity (Wildman–Crippen MR) is 80.1 cm³/mol. The highest BCUT2D eigenvalue weighted by atomic mass is 35.6. The van der Waals surface area contributed by atoms with E-state index in [9.17, 15) is 9.90 Å². The number of hydroxylamine groups is 1. The van der Waals surface area contributed by atoms with Crippen LogP contribution in [0, 0.1) is 5.92 Å². The average Bonchev–Trinajstić information content (AvgIpc) is 2.23. The van der Waals surface area contributed by atoms with Gasteiger partial charge in [0, 0.05) is 0 Å². The van der Waals surface area contributed by atoms with Crippen molar-refractivity contribution in [1.29, 1.82) is 0 Å². The molecule has 0 aromatic carbocycles. The molecule has 1 amide bonds. The fraction of sp³-hybridized carbons (Fsp3) is 0.889. The number of aliphatic hydroxyl groups is 1. The van der Waals surface area contributed by atoms with Crippen LogP contribution in [0.2, 0.25) is 0 Å². The van der Waals surface area contributed by atoms with E-state index in [1.165, 1.54) is 0 Å². The van der Waals surface area contributed by atoms with Crippen LogP contribution in [0.25, 0.3) is 0 Å². The summed E-state index contributed by atoms with van der Waals surface area (Å²) in [6, 6.07) is -0.907. The molecule has 1 fully saturated rings. The van der Waals surface area contributed by atoms with Crippen LogP contribution >= 0.6 is 69.6 Å². The summed E-state index contributed by atoms with van der Waals surface area (Å²) in [6.45, 7) is 3.45. The second-order valence-corrected chi connectivity index (χ2v) is 9.27. The van der Waals surface area contributed by atoms with E-state index in [1.807, 2.05) is 0 Å². The number of hydrogen-bond acceptors (Lipinski definition) is 4. The van der Waals surface area contributed by atoms with Crippen molar-refractivity contribution in [1.82, 2.24) is 10.4 Å². The van der Waals surface area contributed by atoms with E-state index in [0.29, 0.717) is 0 Å². The molecule has 20 heavy (non-hydrogen) atoms. The number of rotatable bonds is 2. The van der Waals surface area contributed by atoms with Crippen molar-refractivity contribution in [3.63, 3.8) is 0 Å². The molecule has 0 spiro atoms. The first-order valence-corrected chi connectivity index (χ1v) is 7.68. The molecule has 1 aliphatic heterocycles. The molecule has 5 nitrogen and oxygen atoms in total. The molecule has 2 N–H and O–H groups in total. The summed E-state index contributed by atoms with van der Waals surface area (Å²) >= 11 is 34.4. The van der Waals surface area contributed by atoms with Gasteiger partial charge in [-0.05, 0) is 5.92 Å². The van der Waals surface area contributed by atoms with Gasteiger partial charge in [-0.1, -0.05) is 83.5 Å². The summed E-state index contributed by atoms with van der Waals surface area (Å²) in [6.07, 6.45) is -3.05. The van der Waals surface area contributed by atoms with Gasteiger partial charge in [-0.25, -0.2) is 15.2 Å². The van der Waals surface area contributed by atoms with Gasteiger partial charge in [-0.2, -0.15) is 0 Å². The molecule has 0 bridgehead atoms. The largest absolute Gasteiger partial charge is 0.374 e. The Labute approximate surface area is 146 Å². The fourth-order valence-electron chi connectivity index (χ4n) is 1.85. The lowest BCUT2D eigenvalue weighted by molar-refractivity contribution is -0.219. The van der Waals surface area contributed by atoms with E-state index >= 15 is 0 Å². The molecular formula is C9H12Cl6N2O3. The molecule has 0 saturated carbocycles. The van der Waals surface area contributed by atoms with E-state index in [-0.39, 0.29) is 5.92 Å². The lowest BCUT2D eigenvalue weighted by Gasteiger charge is -2.47. The van der Waals surface area contributed by atoms with Crippen molar-refractivity contribution in [3.05, 3.63) is 0 Å². The Balaban J connectivity index is 3.24. The summed E-state index contributed by atoms with van der Waals surface area (Å²) in [7, 11) is 0. The minimum Gasteiger partial charge on any atom is -0.374 e. The van der Waals surface area contributed by atoms with Crippen molar-refractivity contribution < 1.29 is 14.7 Å². The molecule has 1 saturated heterocycles. The van der Waals surface area contributed by atoms with Crippen LogP contribution in [-0.2, 0) is 9.63 Å². The molecule has 0 aliphatic carbocycles. The van der Waals surface area contributed by atoms with Gasteiger partial charge in [0.05, 0.1) is 6.04 Å². The maximum absolute atomic E-state index is 11.9. The Morgan fingerprint density at radius 2 is 1.75 bits per heavy atom. The van der Waals surface area contributed by atoms with Gasteiger partial charge in [-0.15, -0.1) is 0 Å². The Morgan fingerprint density at radius 3 is 2.10 bits per heavy atom. The van der Waals surface area contributed by atoms with E-state index < -0.39 is 32.0 Å². The molecular weight excluding hydrogens is 397 g/mol. The summed E-state index contributed by atoms with van der Waals surface area (Å²) in [5.74, 6) is -0.811. The van der Waals surface area contributed by atoms with Crippen LogP contribution in [-0.4, -0.2) is 42.0 Å². The van der Waals surface area contributed by atoms with Crippen LogP contribution in [0.1, 0.15) is 13.8 Å². The number of halogens is 6. The summed E-state index contributed by atoms with van der Waals surface area (Å²) in [4.78, 5) is 17.9. The number of aliphatic hydroxyl groups excluding tert-OH is 1. The number of nitrogens with zero attached hydrogens (tertiary/aromatic N) is 1. The van der Waals surface area contributed by atoms with E-state index in [1.54, 1.807) is 13.8 Å². The first kappa shape index (κ1) is 19.1. The zero-order valence-electron chi connectivity index (χ0n) is 10.3. The second-order valence-electron chi connectivity index (χ2n) is 4.53. The molecule has 1 heterocycles. The highest BCUT2D eigenvalue weighted by molar-refractivity contribution is 6.68. The number of alkyl halides is 6. The normalized spacial score (nSPS) is 27.6. The van der Waals surface area contributed by atoms with Crippen LogP contribution in [0.15, 0.2) is 0 Å². The van der Waals surface area contributed by atoms with E-state index in [4.69, 9.17) is 74.4 Å². The highest BCUT2D eigenvalue weighted by Crippen LogP contribution is 2.42. The zero-order chi connectivity index (χ0) is 15.9. The van der Waals surface area contributed by atoms with Crippen molar-refractivity contribution in [3.8, 4) is 0 Å². The average molecular weight is 409 g/mol. The quantitative estimate of drug-likeness (QED) is 0.690. The molecule has 11 heteroatoms. The molecule has 2 unspecified atom stereocenters. The Bertz CT molecular complexity index is 370. The number of carbonyl (C=O) groups is 1. The van der Waals surface area contributed by atoms with Crippen LogP contribution in [0.3, 0.4) is 0 Å². The monoisotopic (exact) mass is 406 g/mol. The molecule has 1 rings (SSSR count). The minimum absolute atomic E-state index is 0.268. The minimum atomic E-state index is -2.12. The highest BCUT2D eigenvalue weighted by Gasteiger charge is 2.54. The molecule has 0 aromatic rings. The number of carbonyl (C=O) groups excluding carboxylic acids is 1. The summed E-state index contributed by atoms with van der Waals surface area (Å²) < 4.78 is -4.11. The van der Waals surface area contributed by atoms with Crippen LogP contribution in [0.5, 0.6) is 0 Å². The standard InChI is InChI=1S/C9H12Cl6N2O3/c1-3(2)4-5(18)16-20-7(9(13,14)15)17(4)6(19)8(10,11)12/h3-4,6-7,19H,1-2H3,(H,16,18)/t4-,6?,7?/m0/s1. The Kier molecular flexibility index (Phi) is 6.40. The van der Waals surface area contributed by atoms with Gasteiger partial charge >= 0.3 is 0 Å². The van der Waals surface area contributed by atoms with Gasteiger partial charge in [0.25, 0.3) is 5.91 Å². The van der Waals surface area contributed by atoms with E-state index in [0.717, 1.165) is 4.90 Å². The molecule has 3 atom stereocenters. The first-order chi connectivity index (χ1) is 8.87. The lowest BCUT2D eigenvalue weighted by Crippen LogP contribution is -2.69. The number of hydrogen-bond donors (Lipinski definition) is 2. The lowest BCUT2D eigenvalue weighted by atomic mass is 10.0. The molecule has 118 valence electrons. The predicted octanol–water partition coefficient (Wildman–Crippen LogP) is 2.76. The van der Waals surface area contributed by atoms with Gasteiger partial charge in [0.1, 0.15) is 0 Å². The second kappa shape index (κ2) is 6.69. The van der Waals surface area contributed by atoms with Gasteiger partial charge in [0.15, 0.2) is 12.5 Å². The number of nitrogens with one attached hydrogen (secondary N) is 1. The number of amides is 1. The Hall–Kier alpha value is 1.09. The van der Waals surface area contributed by atoms with Crippen molar-refractivity contribution in [2.24, 2.45) is 5.92 Å². The van der Waals surface area contributed by atoms with Crippen molar-refractivity contribution in [2.75, 3.05) is 0 Å².